The minimum atomic E-state index is -0.776. The van der Waals surface area contributed by atoms with E-state index in [0.717, 1.165) is 5.56 Å². The summed E-state index contributed by atoms with van der Waals surface area (Å²) in [7, 11) is 0. The average molecular weight is 337 g/mol. The smallest absolute Gasteiger partial charge is 0.408 e. The van der Waals surface area contributed by atoms with Crippen molar-refractivity contribution in [3.05, 3.63) is 35.9 Å². The molecule has 0 fully saturated rings. The number of nitrogens with two attached hydrogens (primary N) is 1. The van der Waals surface area contributed by atoms with E-state index in [-0.39, 0.29) is 17.4 Å². The lowest BCUT2D eigenvalue weighted by molar-refractivity contribution is -0.122. The Hall–Kier alpha value is -2.15. The molecule has 0 spiro atoms. The number of carbonyl (C=O) groups excluding carboxylic acids is 2. The minimum absolute atomic E-state index is 0.0788. The van der Waals surface area contributed by atoms with Crippen LogP contribution in [-0.4, -0.2) is 35.2 Å². The predicted molar refractivity (Wildman–Crippen MR) is 93.1 cm³/mol. The van der Waals surface area contributed by atoms with Gasteiger partial charge in [-0.1, -0.05) is 42.5 Å². The largest absolute Gasteiger partial charge is 0.444 e. The monoisotopic (exact) mass is 337 g/mol. The maximum absolute atomic E-state index is 12.3. The number of hydrogen-bond acceptors (Lipinski definition) is 4. The Balaban J connectivity index is 2.77. The van der Waals surface area contributed by atoms with Gasteiger partial charge in [-0.05, 0) is 26.3 Å². The molecule has 0 aliphatic rings. The van der Waals surface area contributed by atoms with Crippen LogP contribution in [0.3, 0.4) is 0 Å². The first-order valence-corrected chi connectivity index (χ1v) is 7.67. The van der Waals surface area contributed by atoms with E-state index < -0.39 is 17.7 Å². The molecule has 1 atom stereocenters. The van der Waals surface area contributed by atoms with Crippen molar-refractivity contribution in [1.29, 1.82) is 0 Å². The molecule has 1 aromatic rings. The molecule has 0 aliphatic carbocycles. The molecule has 0 saturated heterocycles. The summed E-state index contributed by atoms with van der Waals surface area (Å²) in [5.41, 5.74) is 5.66. The number of ether oxygens (including phenoxy) is 1. The quantitative estimate of drug-likeness (QED) is 0.685. The average Bonchev–Trinajstić information content (AvgIpc) is 2.43. The van der Waals surface area contributed by atoms with Crippen LogP contribution in [0.15, 0.2) is 30.3 Å². The van der Waals surface area contributed by atoms with E-state index in [1.165, 1.54) is 0 Å². The second-order valence-corrected chi connectivity index (χ2v) is 6.60. The van der Waals surface area contributed by atoms with Crippen LogP contribution in [0, 0.1) is 0 Å². The molecule has 7 heteroatoms. The second kappa shape index (κ2) is 8.47. The zero-order valence-corrected chi connectivity index (χ0v) is 14.4. The molecular weight excluding hydrogens is 314 g/mol. The van der Waals surface area contributed by atoms with Crippen LogP contribution in [0.25, 0.3) is 0 Å². The van der Waals surface area contributed by atoms with Gasteiger partial charge in [0.05, 0.1) is 11.5 Å². The molecule has 0 aliphatic heterocycles. The zero-order valence-electron chi connectivity index (χ0n) is 13.6. The van der Waals surface area contributed by atoms with E-state index in [4.69, 9.17) is 22.7 Å². The molecule has 0 aromatic heterocycles. The summed E-state index contributed by atoms with van der Waals surface area (Å²) >= 11 is 4.74. The first kappa shape index (κ1) is 18.9. The number of benzene rings is 1. The van der Waals surface area contributed by atoms with Gasteiger partial charge in [-0.25, -0.2) is 4.79 Å². The first-order valence-electron chi connectivity index (χ1n) is 7.27. The highest BCUT2D eigenvalue weighted by molar-refractivity contribution is 7.80. The van der Waals surface area contributed by atoms with Gasteiger partial charge in [-0.15, -0.1) is 0 Å². The molecular formula is C16H23N3O3S. The minimum Gasteiger partial charge on any atom is -0.444 e. The molecule has 0 heterocycles. The Bertz CT molecular complexity index is 555. The zero-order chi connectivity index (χ0) is 17.5. The molecule has 0 saturated carbocycles. The summed E-state index contributed by atoms with van der Waals surface area (Å²) in [5, 5.41) is 5.18. The molecule has 0 unspecified atom stereocenters. The van der Waals surface area contributed by atoms with Gasteiger partial charge in [-0.2, -0.15) is 0 Å². The van der Waals surface area contributed by atoms with E-state index in [9.17, 15) is 9.59 Å². The van der Waals surface area contributed by atoms with Crippen molar-refractivity contribution in [2.24, 2.45) is 5.73 Å². The fourth-order valence-corrected chi connectivity index (χ4v) is 1.88. The highest BCUT2D eigenvalue weighted by Gasteiger charge is 2.24. The summed E-state index contributed by atoms with van der Waals surface area (Å²) < 4.78 is 5.20. The molecule has 0 radical (unpaired) electrons. The van der Waals surface area contributed by atoms with Crippen LogP contribution in [0.1, 0.15) is 26.3 Å². The van der Waals surface area contributed by atoms with E-state index in [0.29, 0.717) is 6.42 Å². The van der Waals surface area contributed by atoms with Crippen LogP contribution >= 0.6 is 12.2 Å². The molecule has 23 heavy (non-hydrogen) atoms. The summed E-state index contributed by atoms with van der Waals surface area (Å²) in [6, 6.07) is 8.60. The number of thiocarbonyl (C=S) groups is 1. The van der Waals surface area contributed by atoms with Gasteiger partial charge in [0.2, 0.25) is 5.91 Å². The number of rotatable bonds is 6. The predicted octanol–water partition coefficient (Wildman–Crippen LogP) is 1.52. The van der Waals surface area contributed by atoms with Crippen LogP contribution in [0.4, 0.5) is 4.79 Å². The maximum atomic E-state index is 12.3. The lowest BCUT2D eigenvalue weighted by Crippen LogP contribution is -2.50. The van der Waals surface area contributed by atoms with Gasteiger partial charge >= 0.3 is 6.09 Å². The lowest BCUT2D eigenvalue weighted by atomic mass is 10.1. The summed E-state index contributed by atoms with van der Waals surface area (Å²) in [6.07, 6.45) is -0.313. The number of nitrogens with one attached hydrogen (secondary N) is 2. The molecule has 2 amide bonds. The third-order valence-corrected chi connectivity index (χ3v) is 2.87. The third-order valence-electron chi connectivity index (χ3n) is 2.73. The van der Waals surface area contributed by atoms with E-state index in [2.05, 4.69) is 10.6 Å². The van der Waals surface area contributed by atoms with Crippen molar-refractivity contribution in [1.82, 2.24) is 10.6 Å². The Morgan fingerprint density at radius 2 is 1.87 bits per heavy atom. The van der Waals surface area contributed by atoms with Crippen molar-refractivity contribution in [2.75, 3.05) is 6.54 Å². The normalized spacial score (nSPS) is 12.1. The number of carbonyl (C=O) groups is 2. The summed E-state index contributed by atoms with van der Waals surface area (Å²) in [6.45, 7) is 5.35. The number of hydrogen-bond donors (Lipinski definition) is 3. The van der Waals surface area contributed by atoms with Crippen molar-refractivity contribution >= 4 is 29.2 Å². The van der Waals surface area contributed by atoms with Crippen molar-refractivity contribution in [2.45, 2.75) is 38.8 Å². The Kier molecular flexibility index (Phi) is 6.96. The molecule has 1 aromatic carbocycles. The van der Waals surface area contributed by atoms with Gasteiger partial charge in [0.25, 0.3) is 0 Å². The fraction of sp³-hybridized carbons (Fsp3) is 0.438. The fourth-order valence-electron chi connectivity index (χ4n) is 1.81. The summed E-state index contributed by atoms with van der Waals surface area (Å²) in [5.74, 6) is -0.368. The van der Waals surface area contributed by atoms with E-state index >= 15 is 0 Å². The Morgan fingerprint density at radius 3 is 2.39 bits per heavy atom. The molecule has 1 rings (SSSR count). The van der Waals surface area contributed by atoms with Gasteiger partial charge in [0.15, 0.2) is 0 Å². The van der Waals surface area contributed by atoms with Gasteiger partial charge in [-0.3, -0.25) is 4.79 Å². The van der Waals surface area contributed by atoms with Crippen LogP contribution in [0.5, 0.6) is 0 Å². The van der Waals surface area contributed by atoms with Gasteiger partial charge < -0.3 is 21.1 Å². The van der Waals surface area contributed by atoms with E-state index in [1.807, 2.05) is 30.3 Å². The van der Waals surface area contributed by atoms with Crippen LogP contribution < -0.4 is 16.4 Å². The third kappa shape index (κ3) is 8.15. The number of amides is 2. The molecule has 0 bridgehead atoms. The number of alkyl carbamates (subject to hydrolysis) is 1. The molecule has 126 valence electrons. The first-order chi connectivity index (χ1) is 10.7. The van der Waals surface area contributed by atoms with Gasteiger partial charge in [0.1, 0.15) is 11.6 Å². The maximum Gasteiger partial charge on any atom is 0.408 e. The Morgan fingerprint density at radius 1 is 1.26 bits per heavy atom. The van der Waals surface area contributed by atoms with Crippen molar-refractivity contribution in [3.63, 3.8) is 0 Å². The van der Waals surface area contributed by atoms with Crippen molar-refractivity contribution in [3.8, 4) is 0 Å². The topological polar surface area (TPSA) is 93.4 Å². The van der Waals surface area contributed by atoms with E-state index in [1.54, 1.807) is 20.8 Å². The standard InChI is InChI=1S/C16H23N3O3S/c1-16(2,3)22-15(21)19-12(14(20)18-10-13(17)23)9-11-7-5-4-6-8-11/h4-8,12H,9-10H2,1-3H3,(H2,17,23)(H,18,20)(H,19,21)/t12-/m0/s1. The van der Waals surface area contributed by atoms with Crippen LogP contribution in [0.2, 0.25) is 0 Å². The summed E-state index contributed by atoms with van der Waals surface area (Å²) in [4.78, 5) is 24.4. The van der Waals surface area contributed by atoms with Crippen LogP contribution in [-0.2, 0) is 16.0 Å². The van der Waals surface area contributed by atoms with Crippen molar-refractivity contribution < 1.29 is 14.3 Å². The second-order valence-electron chi connectivity index (χ2n) is 6.07. The highest BCUT2D eigenvalue weighted by atomic mass is 32.1. The molecule has 4 N–H and O–H groups in total. The Labute approximate surface area is 141 Å². The highest BCUT2D eigenvalue weighted by Crippen LogP contribution is 2.08. The SMILES string of the molecule is CC(C)(C)OC(=O)N[C@@H](Cc1ccccc1)C(=O)NCC(N)=S. The molecule has 6 nitrogen and oxygen atoms in total. The lowest BCUT2D eigenvalue weighted by Gasteiger charge is -2.23. The van der Waals surface area contributed by atoms with Gasteiger partial charge in [0, 0.05) is 6.42 Å².